The maximum absolute atomic E-state index is 12.3. The standard InChI is InChI=1S/C18H23N5O/c1-12(13-7-8-13)23-11-15(10-20-23)21-18(24)22-16-6-2-4-14-5-3-9-19-17(14)16/h3,5,9-13,16H,2,4,6-8H2,1H3,(H2,21,22,24)/t12?,16-/m1/s1. The maximum atomic E-state index is 12.3. The first-order chi connectivity index (χ1) is 11.7. The molecule has 0 spiro atoms. The molecule has 126 valence electrons. The average molecular weight is 325 g/mol. The predicted molar refractivity (Wildman–Crippen MR) is 91.7 cm³/mol. The average Bonchev–Trinajstić information content (AvgIpc) is 3.34. The van der Waals surface area contributed by atoms with E-state index in [1.165, 1.54) is 18.4 Å². The highest BCUT2D eigenvalue weighted by atomic mass is 16.2. The summed E-state index contributed by atoms with van der Waals surface area (Å²) in [5, 5.41) is 10.3. The van der Waals surface area contributed by atoms with Crippen molar-refractivity contribution >= 4 is 11.7 Å². The molecule has 2 aromatic rings. The van der Waals surface area contributed by atoms with Crippen LogP contribution in [0.3, 0.4) is 0 Å². The number of pyridine rings is 1. The zero-order chi connectivity index (χ0) is 16.5. The number of hydrogen-bond acceptors (Lipinski definition) is 3. The third kappa shape index (κ3) is 3.13. The molecule has 2 heterocycles. The minimum atomic E-state index is -0.197. The number of hydrogen-bond donors (Lipinski definition) is 2. The molecule has 1 saturated carbocycles. The van der Waals surface area contributed by atoms with Gasteiger partial charge in [-0.05, 0) is 56.6 Å². The number of nitrogens with one attached hydrogen (secondary N) is 2. The van der Waals surface area contributed by atoms with Crippen molar-refractivity contribution in [3.8, 4) is 0 Å². The van der Waals surface area contributed by atoms with Crippen molar-refractivity contribution in [2.24, 2.45) is 5.92 Å². The lowest BCUT2D eigenvalue weighted by molar-refractivity contribution is 0.246. The number of fused-ring (bicyclic) bond motifs is 1. The molecule has 2 aliphatic rings. The quantitative estimate of drug-likeness (QED) is 0.904. The fourth-order valence-electron chi connectivity index (χ4n) is 3.50. The second-order valence-corrected chi connectivity index (χ2v) is 6.88. The van der Waals surface area contributed by atoms with Crippen LogP contribution < -0.4 is 10.6 Å². The molecule has 2 amide bonds. The molecule has 24 heavy (non-hydrogen) atoms. The number of aromatic nitrogens is 3. The Bertz CT molecular complexity index is 737. The first-order valence-electron chi connectivity index (χ1n) is 8.76. The Morgan fingerprint density at radius 3 is 3.08 bits per heavy atom. The zero-order valence-electron chi connectivity index (χ0n) is 13.9. The highest BCUT2D eigenvalue weighted by Gasteiger charge is 2.29. The molecule has 2 atom stereocenters. The van der Waals surface area contributed by atoms with Crippen molar-refractivity contribution in [3.63, 3.8) is 0 Å². The van der Waals surface area contributed by atoms with Crippen LogP contribution in [0.25, 0.3) is 0 Å². The third-order valence-corrected chi connectivity index (χ3v) is 5.08. The van der Waals surface area contributed by atoms with E-state index < -0.39 is 0 Å². The number of carbonyl (C=O) groups is 1. The molecular weight excluding hydrogens is 302 g/mol. The minimum absolute atomic E-state index is 0.0182. The Balaban J connectivity index is 1.39. The monoisotopic (exact) mass is 325 g/mol. The molecule has 4 rings (SSSR count). The molecule has 0 aliphatic heterocycles. The van der Waals surface area contributed by atoms with Gasteiger partial charge in [0.2, 0.25) is 0 Å². The van der Waals surface area contributed by atoms with Crippen LogP contribution in [0, 0.1) is 5.92 Å². The molecule has 0 aromatic carbocycles. The fourth-order valence-corrected chi connectivity index (χ4v) is 3.50. The van der Waals surface area contributed by atoms with Crippen LogP contribution in [0.5, 0.6) is 0 Å². The number of carbonyl (C=O) groups excluding carboxylic acids is 1. The van der Waals surface area contributed by atoms with Gasteiger partial charge >= 0.3 is 6.03 Å². The molecule has 0 bridgehead atoms. The highest BCUT2D eigenvalue weighted by Crippen LogP contribution is 2.39. The molecular formula is C18H23N5O. The first-order valence-corrected chi connectivity index (χ1v) is 8.76. The van der Waals surface area contributed by atoms with Gasteiger partial charge in [0, 0.05) is 12.4 Å². The summed E-state index contributed by atoms with van der Waals surface area (Å²) < 4.78 is 1.95. The summed E-state index contributed by atoms with van der Waals surface area (Å²) in [6.45, 7) is 2.18. The van der Waals surface area contributed by atoms with E-state index in [1.54, 1.807) is 12.4 Å². The second-order valence-electron chi connectivity index (χ2n) is 6.88. The minimum Gasteiger partial charge on any atom is -0.329 e. The summed E-state index contributed by atoms with van der Waals surface area (Å²) in [5.74, 6) is 0.733. The summed E-state index contributed by atoms with van der Waals surface area (Å²) in [6.07, 6.45) is 11.0. The van der Waals surface area contributed by atoms with E-state index in [0.717, 1.165) is 36.6 Å². The molecule has 6 heteroatoms. The predicted octanol–water partition coefficient (Wildman–Crippen LogP) is 3.45. The topological polar surface area (TPSA) is 71.8 Å². The van der Waals surface area contributed by atoms with Gasteiger partial charge in [0.25, 0.3) is 0 Å². The summed E-state index contributed by atoms with van der Waals surface area (Å²) in [5.41, 5.74) is 2.97. The van der Waals surface area contributed by atoms with E-state index in [-0.39, 0.29) is 12.1 Å². The lowest BCUT2D eigenvalue weighted by Gasteiger charge is -2.25. The van der Waals surface area contributed by atoms with E-state index >= 15 is 0 Å². The Hall–Kier alpha value is -2.37. The van der Waals surface area contributed by atoms with E-state index in [1.807, 2.05) is 16.9 Å². The van der Waals surface area contributed by atoms with Gasteiger partial charge in [0.1, 0.15) is 0 Å². The van der Waals surface area contributed by atoms with Crippen molar-refractivity contribution in [3.05, 3.63) is 42.0 Å². The van der Waals surface area contributed by atoms with Crippen LogP contribution in [0.15, 0.2) is 30.7 Å². The Labute approximate surface area is 141 Å². The van der Waals surface area contributed by atoms with Gasteiger partial charge in [-0.2, -0.15) is 5.10 Å². The number of amides is 2. The zero-order valence-corrected chi connectivity index (χ0v) is 13.9. The smallest absolute Gasteiger partial charge is 0.319 e. The lowest BCUT2D eigenvalue weighted by Crippen LogP contribution is -2.34. The van der Waals surface area contributed by atoms with Gasteiger partial charge in [0.05, 0.1) is 29.7 Å². The molecule has 1 unspecified atom stereocenters. The lowest BCUT2D eigenvalue weighted by atomic mass is 9.92. The number of urea groups is 1. The van der Waals surface area contributed by atoms with Crippen molar-refractivity contribution in [1.82, 2.24) is 20.1 Å². The molecule has 0 radical (unpaired) electrons. The number of anilines is 1. The van der Waals surface area contributed by atoms with Gasteiger partial charge in [-0.15, -0.1) is 0 Å². The third-order valence-electron chi connectivity index (χ3n) is 5.08. The van der Waals surface area contributed by atoms with Crippen LogP contribution in [0.4, 0.5) is 10.5 Å². The first kappa shape index (κ1) is 15.2. The fraction of sp³-hybridized carbons (Fsp3) is 0.500. The van der Waals surface area contributed by atoms with E-state index in [9.17, 15) is 4.79 Å². The SMILES string of the molecule is CC(C1CC1)n1cc(NC(=O)N[C@@H]2CCCc3cccnc32)cn1. The Morgan fingerprint density at radius 2 is 2.25 bits per heavy atom. The van der Waals surface area contributed by atoms with Crippen molar-refractivity contribution in [2.75, 3.05) is 5.32 Å². The molecule has 2 aliphatic carbocycles. The second kappa shape index (κ2) is 6.26. The number of aryl methyl sites for hydroxylation is 1. The van der Waals surface area contributed by atoms with Crippen molar-refractivity contribution in [1.29, 1.82) is 0 Å². The maximum Gasteiger partial charge on any atom is 0.319 e. The Morgan fingerprint density at radius 1 is 1.38 bits per heavy atom. The molecule has 2 N–H and O–H groups in total. The van der Waals surface area contributed by atoms with Crippen LogP contribution in [-0.4, -0.2) is 20.8 Å². The molecule has 6 nitrogen and oxygen atoms in total. The largest absolute Gasteiger partial charge is 0.329 e. The Kier molecular flexibility index (Phi) is 3.96. The summed E-state index contributed by atoms with van der Waals surface area (Å²) in [6, 6.07) is 4.24. The number of nitrogens with zero attached hydrogens (tertiary/aromatic N) is 3. The number of rotatable bonds is 4. The van der Waals surface area contributed by atoms with Crippen molar-refractivity contribution < 1.29 is 4.79 Å². The van der Waals surface area contributed by atoms with Crippen LogP contribution in [0.1, 0.15) is 55.9 Å². The molecule has 1 fully saturated rings. The van der Waals surface area contributed by atoms with Gasteiger partial charge in [-0.25, -0.2) is 4.79 Å². The van der Waals surface area contributed by atoms with E-state index in [0.29, 0.717) is 6.04 Å². The highest BCUT2D eigenvalue weighted by molar-refractivity contribution is 5.89. The summed E-state index contributed by atoms with van der Waals surface area (Å²) in [4.78, 5) is 16.8. The van der Waals surface area contributed by atoms with Gasteiger partial charge in [-0.1, -0.05) is 6.07 Å². The molecule has 0 saturated heterocycles. The van der Waals surface area contributed by atoms with Crippen LogP contribution in [0.2, 0.25) is 0 Å². The molecule has 2 aromatic heterocycles. The van der Waals surface area contributed by atoms with Crippen molar-refractivity contribution in [2.45, 2.75) is 51.1 Å². The van der Waals surface area contributed by atoms with Gasteiger partial charge < -0.3 is 10.6 Å². The van der Waals surface area contributed by atoms with E-state index in [2.05, 4.69) is 33.7 Å². The summed E-state index contributed by atoms with van der Waals surface area (Å²) in [7, 11) is 0. The van der Waals surface area contributed by atoms with Gasteiger partial charge in [0.15, 0.2) is 0 Å². The van der Waals surface area contributed by atoms with Crippen LogP contribution in [-0.2, 0) is 6.42 Å². The summed E-state index contributed by atoms with van der Waals surface area (Å²) >= 11 is 0. The van der Waals surface area contributed by atoms with Crippen LogP contribution >= 0.6 is 0 Å². The van der Waals surface area contributed by atoms with E-state index in [4.69, 9.17) is 0 Å². The van der Waals surface area contributed by atoms with Gasteiger partial charge in [-0.3, -0.25) is 9.67 Å². The normalized spacial score (nSPS) is 21.0.